The first-order valence-electron chi connectivity index (χ1n) is 21.2. The molecule has 2 unspecified atom stereocenters. The van der Waals surface area contributed by atoms with Gasteiger partial charge in [-0.05, 0) is 120 Å². The van der Waals surface area contributed by atoms with Crippen molar-refractivity contribution >= 4 is 72.9 Å². The minimum absolute atomic E-state index is 0.107. The minimum Gasteiger partial charge on any atom is -0.482 e. The van der Waals surface area contributed by atoms with Crippen LogP contribution in [0.25, 0.3) is 78.1 Å². The summed E-state index contributed by atoms with van der Waals surface area (Å²) in [6.45, 7) is 2.24. The highest BCUT2D eigenvalue weighted by atomic mass is 16.5. The predicted molar refractivity (Wildman–Crippen MR) is 250 cm³/mol. The molecule has 8 aromatic carbocycles. The number of aryl methyl sites for hydroxylation is 1. The topological polar surface area (TPSA) is 38.8 Å². The molecule has 0 N–H and O–H groups in total. The third kappa shape index (κ3) is 5.12. The number of hydrogen-bond acceptors (Lipinski definition) is 4. The van der Waals surface area contributed by atoms with E-state index < -0.39 is 5.60 Å². The number of hydrogen-bond donors (Lipinski definition) is 0. The van der Waals surface area contributed by atoms with Crippen LogP contribution in [-0.4, -0.2) is 0 Å². The van der Waals surface area contributed by atoms with E-state index in [-0.39, 0.29) is 5.92 Å². The van der Waals surface area contributed by atoms with Gasteiger partial charge in [0.1, 0.15) is 33.9 Å². The van der Waals surface area contributed by atoms with Gasteiger partial charge in [0.25, 0.3) is 0 Å². The lowest BCUT2D eigenvalue weighted by Crippen LogP contribution is -2.33. The highest BCUT2D eigenvalue weighted by molar-refractivity contribution is 6.19. The molecule has 3 aliphatic rings. The molecular weight excluding hydrogens is 747 g/mol. The molecule has 4 nitrogen and oxygen atoms in total. The van der Waals surface area contributed by atoms with E-state index in [1.54, 1.807) is 0 Å². The number of benzene rings is 8. The van der Waals surface area contributed by atoms with Crippen LogP contribution in [0.5, 0.6) is 5.75 Å². The largest absolute Gasteiger partial charge is 0.482 e. The smallest absolute Gasteiger partial charge is 0.143 e. The van der Waals surface area contributed by atoms with Gasteiger partial charge in [-0.3, -0.25) is 0 Å². The zero-order valence-corrected chi connectivity index (χ0v) is 33.6. The molecule has 2 aromatic heterocycles. The summed E-state index contributed by atoms with van der Waals surface area (Å²) < 4.78 is 19.7. The van der Waals surface area contributed by atoms with Crippen LogP contribution in [-0.2, 0) is 12.0 Å². The summed E-state index contributed by atoms with van der Waals surface area (Å²) in [6, 6.07) is 58.9. The number of nitrogens with zero attached hydrogens (tertiary/aromatic N) is 1. The Morgan fingerprint density at radius 2 is 1.34 bits per heavy atom. The van der Waals surface area contributed by atoms with Crippen LogP contribution in [0.3, 0.4) is 0 Å². The van der Waals surface area contributed by atoms with Crippen molar-refractivity contribution in [3.63, 3.8) is 0 Å². The third-order valence-electron chi connectivity index (χ3n) is 13.4. The Labute approximate surface area is 353 Å². The molecule has 0 spiro atoms. The predicted octanol–water partition coefficient (Wildman–Crippen LogP) is 15.7. The van der Waals surface area contributed by atoms with Crippen LogP contribution in [0, 0.1) is 0 Å². The molecule has 0 saturated heterocycles. The molecule has 13 rings (SSSR count). The van der Waals surface area contributed by atoms with Crippen molar-refractivity contribution in [2.24, 2.45) is 0 Å². The summed E-state index contributed by atoms with van der Waals surface area (Å²) in [6.07, 6.45) is 10.9. The molecular formula is C57H39NO3. The second kappa shape index (κ2) is 13.0. The third-order valence-corrected chi connectivity index (χ3v) is 13.4. The molecule has 0 saturated carbocycles. The Morgan fingerprint density at radius 3 is 2.21 bits per heavy atom. The first kappa shape index (κ1) is 34.3. The molecule has 0 radical (unpaired) electrons. The van der Waals surface area contributed by atoms with E-state index in [1.165, 1.54) is 38.6 Å². The zero-order valence-electron chi connectivity index (χ0n) is 33.6. The summed E-state index contributed by atoms with van der Waals surface area (Å²) >= 11 is 0. The summed E-state index contributed by atoms with van der Waals surface area (Å²) in [7, 11) is 0. The quantitative estimate of drug-likeness (QED) is 0.174. The van der Waals surface area contributed by atoms with Gasteiger partial charge in [0.15, 0.2) is 0 Å². The Kier molecular flexibility index (Phi) is 7.30. The highest BCUT2D eigenvalue weighted by Gasteiger charge is 2.48. The zero-order chi connectivity index (χ0) is 40.2. The second-order valence-corrected chi connectivity index (χ2v) is 16.8. The van der Waals surface area contributed by atoms with Crippen molar-refractivity contribution < 1.29 is 13.6 Å². The van der Waals surface area contributed by atoms with Crippen LogP contribution in [0.2, 0.25) is 0 Å². The Hall–Kier alpha value is -7.56. The molecule has 0 bridgehead atoms. The van der Waals surface area contributed by atoms with Gasteiger partial charge in [-0.2, -0.15) is 0 Å². The lowest BCUT2D eigenvalue weighted by Gasteiger charge is -2.34. The van der Waals surface area contributed by atoms with Crippen molar-refractivity contribution in [3.05, 3.63) is 204 Å². The highest BCUT2D eigenvalue weighted by Crippen LogP contribution is 2.56. The maximum Gasteiger partial charge on any atom is 0.143 e. The number of fused-ring (bicyclic) bond motifs is 13. The maximum absolute atomic E-state index is 6.85. The average molecular weight is 786 g/mol. The van der Waals surface area contributed by atoms with E-state index in [0.717, 1.165) is 91.0 Å². The number of furan rings is 2. The summed E-state index contributed by atoms with van der Waals surface area (Å²) in [5, 5.41) is 5.75. The van der Waals surface area contributed by atoms with Gasteiger partial charge >= 0.3 is 0 Å². The molecule has 0 amide bonds. The molecule has 1 aliphatic heterocycles. The molecule has 2 atom stereocenters. The fourth-order valence-corrected chi connectivity index (χ4v) is 10.5. The normalized spacial score (nSPS) is 17.4. The van der Waals surface area contributed by atoms with Crippen molar-refractivity contribution in [3.8, 4) is 28.0 Å². The SMILES string of the molecule is CC12Oc3cccc(-c4ccc(N(c5ccc(-c6cccc7oc8c9ccccc9ccc8c67)cc5)c5ccc6oc7c(c6c5)CCC=C7)cc4)c3C1C=Cc1ccccc12. The molecule has 4 heteroatoms. The van der Waals surface area contributed by atoms with E-state index in [9.17, 15) is 0 Å². The Bertz CT molecular complexity index is 3470. The first-order valence-corrected chi connectivity index (χ1v) is 21.2. The minimum atomic E-state index is -0.460. The molecule has 2 aliphatic carbocycles. The number of ether oxygens (including phenoxy) is 1. The summed E-state index contributed by atoms with van der Waals surface area (Å²) in [5.74, 6) is 2.03. The Balaban J connectivity index is 0.916. The van der Waals surface area contributed by atoms with Crippen LogP contribution in [0.4, 0.5) is 17.1 Å². The van der Waals surface area contributed by atoms with Crippen LogP contribution in [0.1, 0.15) is 47.3 Å². The lowest BCUT2D eigenvalue weighted by molar-refractivity contribution is 0.0996. The fourth-order valence-electron chi connectivity index (χ4n) is 10.5. The fraction of sp³-hybridized carbons (Fsp3) is 0.0877. The number of rotatable bonds is 5. The van der Waals surface area contributed by atoms with Crippen molar-refractivity contribution in [1.29, 1.82) is 0 Å². The summed E-state index contributed by atoms with van der Waals surface area (Å²) in [4.78, 5) is 2.36. The monoisotopic (exact) mass is 785 g/mol. The van der Waals surface area contributed by atoms with Gasteiger partial charge in [-0.1, -0.05) is 121 Å². The van der Waals surface area contributed by atoms with Gasteiger partial charge in [0, 0.05) is 55.3 Å². The first-order chi connectivity index (χ1) is 30.1. The standard InChI is InChI=1S/C57H39NO3/c1-57-48-16-6-3-11-38(48)25-32-49(57)55-43(15-9-19-53(55)61-57)37-22-28-40(29-23-37)58(41-30-33-51-47(34-41)45-13-5-7-17-50(45)59-51)39-26-20-36(21-27-39)42-14-8-18-52-54(42)46-31-24-35-10-2-4-12-44(35)56(46)60-52/h2-4,6-12,14-34,49H,5,13H2,1H3. The summed E-state index contributed by atoms with van der Waals surface area (Å²) in [5.41, 5.74) is 15.1. The van der Waals surface area contributed by atoms with E-state index >= 15 is 0 Å². The van der Waals surface area contributed by atoms with Gasteiger partial charge in [0.2, 0.25) is 0 Å². The van der Waals surface area contributed by atoms with Crippen LogP contribution in [0.15, 0.2) is 185 Å². The maximum atomic E-state index is 6.85. The van der Waals surface area contributed by atoms with Gasteiger partial charge in [0.05, 0.1) is 5.92 Å². The van der Waals surface area contributed by atoms with Gasteiger partial charge in [-0.15, -0.1) is 0 Å². The van der Waals surface area contributed by atoms with Crippen molar-refractivity contribution in [2.45, 2.75) is 31.3 Å². The molecule has 61 heavy (non-hydrogen) atoms. The second-order valence-electron chi connectivity index (χ2n) is 16.8. The van der Waals surface area contributed by atoms with E-state index in [2.05, 4.69) is 200 Å². The van der Waals surface area contributed by atoms with Crippen LogP contribution >= 0.6 is 0 Å². The lowest BCUT2D eigenvalue weighted by atomic mass is 9.73. The molecule has 0 fully saturated rings. The number of allylic oxidation sites excluding steroid dienone is 1. The van der Waals surface area contributed by atoms with Crippen LogP contribution < -0.4 is 9.64 Å². The molecule has 10 aromatic rings. The number of anilines is 3. The Morgan fingerprint density at radius 1 is 0.590 bits per heavy atom. The molecule has 3 heterocycles. The van der Waals surface area contributed by atoms with E-state index in [4.69, 9.17) is 13.6 Å². The molecule has 290 valence electrons. The van der Waals surface area contributed by atoms with Crippen molar-refractivity contribution in [2.75, 3.05) is 4.90 Å². The van der Waals surface area contributed by atoms with Gasteiger partial charge in [-0.25, -0.2) is 0 Å². The average Bonchev–Trinajstić information content (AvgIpc) is 3.99. The van der Waals surface area contributed by atoms with E-state index in [1.807, 2.05) is 0 Å². The van der Waals surface area contributed by atoms with Crippen molar-refractivity contribution in [1.82, 2.24) is 0 Å². The van der Waals surface area contributed by atoms with E-state index in [0.29, 0.717) is 0 Å². The van der Waals surface area contributed by atoms with Gasteiger partial charge < -0.3 is 18.5 Å².